The molecule has 0 fully saturated rings. The zero-order chi connectivity index (χ0) is 21.2. The first-order chi connectivity index (χ1) is 13.7. The highest BCUT2D eigenvalue weighted by Gasteiger charge is 2.15. The van der Waals surface area contributed by atoms with Crippen LogP contribution in [0.4, 0.5) is 4.39 Å². The van der Waals surface area contributed by atoms with Crippen molar-refractivity contribution >= 4 is 26.9 Å². The maximum absolute atomic E-state index is 13.0. The SMILES string of the molecule is Cc1c(C)n(CCNS(=O)(=O)c2ccc(F)cc2)c2ccc(CCC(=O)O)cc12. The number of carbonyl (C=O) groups is 1. The molecule has 6 nitrogen and oxygen atoms in total. The molecule has 0 amide bonds. The number of aryl methyl sites for hydroxylation is 2. The molecule has 8 heteroatoms. The molecule has 0 saturated heterocycles. The molecule has 1 heterocycles. The molecule has 0 radical (unpaired) electrons. The third kappa shape index (κ3) is 4.65. The molecule has 0 unspecified atom stereocenters. The van der Waals surface area contributed by atoms with Gasteiger partial charge in [0.05, 0.1) is 4.90 Å². The van der Waals surface area contributed by atoms with E-state index >= 15 is 0 Å². The van der Waals surface area contributed by atoms with E-state index in [1.54, 1.807) is 0 Å². The summed E-state index contributed by atoms with van der Waals surface area (Å²) < 4.78 is 42.3. The monoisotopic (exact) mass is 418 g/mol. The van der Waals surface area contributed by atoms with Crippen molar-refractivity contribution in [3.8, 4) is 0 Å². The Kier molecular flexibility index (Phi) is 6.04. The summed E-state index contributed by atoms with van der Waals surface area (Å²) >= 11 is 0. The number of aliphatic carboxylic acids is 1. The lowest BCUT2D eigenvalue weighted by atomic mass is 10.1. The maximum atomic E-state index is 13.0. The molecule has 0 spiro atoms. The van der Waals surface area contributed by atoms with Crippen LogP contribution in [0.5, 0.6) is 0 Å². The van der Waals surface area contributed by atoms with Gasteiger partial charge in [-0.25, -0.2) is 17.5 Å². The van der Waals surface area contributed by atoms with Gasteiger partial charge in [0, 0.05) is 36.1 Å². The number of rotatable bonds is 8. The van der Waals surface area contributed by atoms with Crippen LogP contribution in [0.3, 0.4) is 0 Å². The van der Waals surface area contributed by atoms with Gasteiger partial charge in [0.2, 0.25) is 10.0 Å². The van der Waals surface area contributed by atoms with Crippen LogP contribution in [0.25, 0.3) is 10.9 Å². The van der Waals surface area contributed by atoms with Gasteiger partial charge in [-0.15, -0.1) is 0 Å². The normalized spacial score (nSPS) is 11.8. The summed E-state index contributed by atoms with van der Waals surface area (Å²) in [4.78, 5) is 10.8. The van der Waals surface area contributed by atoms with E-state index in [1.165, 1.54) is 12.1 Å². The van der Waals surface area contributed by atoms with Crippen molar-refractivity contribution < 1.29 is 22.7 Å². The number of benzene rings is 2. The van der Waals surface area contributed by atoms with E-state index in [4.69, 9.17) is 5.11 Å². The first-order valence-corrected chi connectivity index (χ1v) is 10.7. The summed E-state index contributed by atoms with van der Waals surface area (Å²) in [5.41, 5.74) is 4.03. The van der Waals surface area contributed by atoms with Crippen molar-refractivity contribution in [3.63, 3.8) is 0 Å². The van der Waals surface area contributed by atoms with E-state index < -0.39 is 21.8 Å². The minimum atomic E-state index is -3.71. The molecule has 154 valence electrons. The lowest BCUT2D eigenvalue weighted by Crippen LogP contribution is -2.27. The number of fused-ring (bicyclic) bond motifs is 1. The molecule has 3 aromatic rings. The molecule has 0 aliphatic carbocycles. The van der Waals surface area contributed by atoms with Gasteiger partial charge >= 0.3 is 5.97 Å². The summed E-state index contributed by atoms with van der Waals surface area (Å²) in [5.74, 6) is -1.32. The second-order valence-corrected chi connectivity index (χ2v) is 8.73. The van der Waals surface area contributed by atoms with Gasteiger partial charge in [0.15, 0.2) is 0 Å². The highest BCUT2D eigenvalue weighted by atomic mass is 32.2. The Morgan fingerprint density at radius 3 is 2.48 bits per heavy atom. The van der Waals surface area contributed by atoms with Crippen LogP contribution in [0, 0.1) is 19.7 Å². The predicted octanol–water partition coefficient (Wildman–Crippen LogP) is 3.39. The summed E-state index contributed by atoms with van der Waals surface area (Å²) in [6.45, 7) is 4.59. The van der Waals surface area contributed by atoms with Crippen molar-refractivity contribution in [2.24, 2.45) is 0 Å². The number of aromatic nitrogens is 1. The Morgan fingerprint density at radius 2 is 1.83 bits per heavy atom. The van der Waals surface area contributed by atoms with Gasteiger partial charge in [-0.3, -0.25) is 4.79 Å². The predicted molar refractivity (Wildman–Crippen MR) is 109 cm³/mol. The molecule has 0 aliphatic heterocycles. The fraction of sp³-hybridized carbons (Fsp3) is 0.286. The lowest BCUT2D eigenvalue weighted by Gasteiger charge is -2.11. The van der Waals surface area contributed by atoms with E-state index in [0.717, 1.165) is 39.9 Å². The highest BCUT2D eigenvalue weighted by molar-refractivity contribution is 7.89. The van der Waals surface area contributed by atoms with Gasteiger partial charge in [-0.2, -0.15) is 0 Å². The molecule has 0 bridgehead atoms. The number of hydrogen-bond acceptors (Lipinski definition) is 3. The number of hydrogen-bond donors (Lipinski definition) is 2. The minimum absolute atomic E-state index is 0.0206. The summed E-state index contributed by atoms with van der Waals surface area (Å²) in [6.07, 6.45) is 0.543. The zero-order valence-electron chi connectivity index (χ0n) is 16.3. The van der Waals surface area contributed by atoms with Crippen LogP contribution < -0.4 is 4.72 Å². The standard InChI is InChI=1S/C21H23FN2O4S/c1-14-15(2)24(20-9-3-16(13-19(14)20)4-10-21(25)26)12-11-23-29(27,28)18-7-5-17(22)6-8-18/h3,5-9,13,23H,4,10-12H2,1-2H3,(H,25,26). The fourth-order valence-corrected chi connectivity index (χ4v) is 4.40. The van der Waals surface area contributed by atoms with E-state index in [1.807, 2.05) is 36.6 Å². The number of carboxylic acids is 1. The van der Waals surface area contributed by atoms with Crippen LogP contribution in [0.2, 0.25) is 0 Å². The van der Waals surface area contributed by atoms with E-state index in [2.05, 4.69) is 4.72 Å². The summed E-state index contributed by atoms with van der Waals surface area (Å²) in [7, 11) is -3.71. The topological polar surface area (TPSA) is 88.4 Å². The Hall–Kier alpha value is -2.71. The third-order valence-electron chi connectivity index (χ3n) is 5.08. The molecular weight excluding hydrogens is 395 g/mol. The second kappa shape index (κ2) is 8.34. The number of sulfonamides is 1. The number of nitrogens with zero attached hydrogens (tertiary/aromatic N) is 1. The van der Waals surface area contributed by atoms with Crippen molar-refractivity contribution in [1.82, 2.24) is 9.29 Å². The fourth-order valence-electron chi connectivity index (χ4n) is 3.38. The Morgan fingerprint density at radius 1 is 1.14 bits per heavy atom. The van der Waals surface area contributed by atoms with Gasteiger partial charge in [-0.05, 0) is 67.8 Å². The number of nitrogens with one attached hydrogen (secondary N) is 1. The van der Waals surface area contributed by atoms with E-state index in [-0.39, 0.29) is 17.9 Å². The summed E-state index contributed by atoms with van der Waals surface area (Å²) in [6, 6.07) is 10.5. The van der Waals surface area contributed by atoms with Gasteiger partial charge in [0.1, 0.15) is 5.82 Å². The first kappa shape index (κ1) is 21.0. The Balaban J connectivity index is 1.77. The van der Waals surface area contributed by atoms with Crippen LogP contribution >= 0.6 is 0 Å². The highest BCUT2D eigenvalue weighted by Crippen LogP contribution is 2.26. The van der Waals surface area contributed by atoms with Crippen LogP contribution in [-0.2, 0) is 27.8 Å². The molecule has 0 atom stereocenters. The zero-order valence-corrected chi connectivity index (χ0v) is 17.1. The van der Waals surface area contributed by atoms with Gasteiger partial charge < -0.3 is 9.67 Å². The van der Waals surface area contributed by atoms with Crippen molar-refractivity contribution in [2.45, 2.75) is 38.1 Å². The van der Waals surface area contributed by atoms with Crippen molar-refractivity contribution in [2.75, 3.05) is 6.54 Å². The minimum Gasteiger partial charge on any atom is -0.481 e. The molecule has 0 aliphatic rings. The molecule has 29 heavy (non-hydrogen) atoms. The maximum Gasteiger partial charge on any atom is 0.303 e. The number of halogens is 1. The van der Waals surface area contributed by atoms with Crippen LogP contribution in [-0.4, -0.2) is 30.6 Å². The molecule has 2 aromatic carbocycles. The molecule has 2 N–H and O–H groups in total. The lowest BCUT2D eigenvalue weighted by molar-refractivity contribution is -0.136. The van der Waals surface area contributed by atoms with E-state index in [0.29, 0.717) is 13.0 Å². The second-order valence-electron chi connectivity index (χ2n) is 6.96. The van der Waals surface area contributed by atoms with Crippen molar-refractivity contribution in [1.29, 1.82) is 0 Å². The molecule has 3 rings (SSSR count). The van der Waals surface area contributed by atoms with Crippen molar-refractivity contribution in [3.05, 3.63) is 65.1 Å². The van der Waals surface area contributed by atoms with E-state index in [9.17, 15) is 17.6 Å². The molecule has 0 saturated carbocycles. The van der Waals surface area contributed by atoms with Gasteiger partial charge in [0.25, 0.3) is 0 Å². The largest absolute Gasteiger partial charge is 0.481 e. The average Bonchev–Trinajstić information content (AvgIpc) is 2.91. The Bertz CT molecular complexity index is 1150. The summed E-state index contributed by atoms with van der Waals surface area (Å²) in [5, 5.41) is 9.90. The average molecular weight is 418 g/mol. The van der Waals surface area contributed by atoms with Crippen LogP contribution in [0.15, 0.2) is 47.4 Å². The third-order valence-corrected chi connectivity index (χ3v) is 6.56. The quantitative estimate of drug-likeness (QED) is 0.587. The molecule has 1 aromatic heterocycles. The Labute approximate surface area is 169 Å². The van der Waals surface area contributed by atoms with Crippen LogP contribution in [0.1, 0.15) is 23.2 Å². The number of carboxylic acid groups (broad SMARTS) is 1. The smallest absolute Gasteiger partial charge is 0.303 e. The van der Waals surface area contributed by atoms with Gasteiger partial charge in [-0.1, -0.05) is 6.07 Å². The molecular formula is C21H23FN2O4S. The first-order valence-electron chi connectivity index (χ1n) is 9.24.